The summed E-state index contributed by atoms with van der Waals surface area (Å²) in [5.74, 6) is 0. The Kier molecular flexibility index (Phi) is 6.66. The second kappa shape index (κ2) is 7.55. The quantitative estimate of drug-likeness (QED) is 0.506. The molecular weight excluding hydrogens is 204 g/mol. The Hall–Kier alpha value is 0.276. The first kappa shape index (κ1) is 12.3. The van der Waals surface area contributed by atoms with Crippen molar-refractivity contribution in [1.82, 2.24) is 0 Å². The maximum absolute atomic E-state index is 5.82. The van der Waals surface area contributed by atoms with Gasteiger partial charge in [-0.25, -0.2) is 0 Å². The summed E-state index contributed by atoms with van der Waals surface area (Å²) in [6, 6.07) is 8.98. The average Bonchev–Trinajstić information content (AvgIpc) is 2.21. The van der Waals surface area contributed by atoms with E-state index in [2.05, 4.69) is 31.2 Å². The molecule has 0 saturated carbocycles. The molecule has 0 atom stereocenters. The van der Waals surface area contributed by atoms with Gasteiger partial charge in [-0.05, 0) is 18.4 Å². The molecular formula is C12H17ClMg. The molecule has 0 bridgehead atoms. The summed E-state index contributed by atoms with van der Waals surface area (Å²) >= 11 is -0.344. The molecule has 74 valence electrons. The summed E-state index contributed by atoms with van der Waals surface area (Å²) in [4.78, 5) is 0. The Morgan fingerprint density at radius 2 is 1.71 bits per heavy atom. The Balaban J connectivity index is 2.38. The van der Waals surface area contributed by atoms with E-state index in [4.69, 9.17) is 9.07 Å². The third-order valence-corrected chi connectivity index (χ3v) is 3.81. The molecule has 0 N–H and O–H groups in total. The minimum Gasteiger partial charge on any atom is -0.345 e. The van der Waals surface area contributed by atoms with Gasteiger partial charge in [0, 0.05) is 0 Å². The zero-order valence-electron chi connectivity index (χ0n) is 8.93. The average molecular weight is 221 g/mol. The van der Waals surface area contributed by atoms with Crippen molar-refractivity contribution in [3.05, 3.63) is 35.4 Å². The highest BCUT2D eigenvalue weighted by atomic mass is 35.5. The van der Waals surface area contributed by atoms with Crippen LogP contribution >= 0.6 is 9.07 Å². The van der Waals surface area contributed by atoms with Gasteiger partial charge in [-0.3, -0.25) is 0 Å². The number of benzene rings is 1. The van der Waals surface area contributed by atoms with Crippen molar-refractivity contribution in [3.63, 3.8) is 0 Å². The molecule has 0 radical (unpaired) electrons. The monoisotopic (exact) mass is 220 g/mol. The maximum Gasteiger partial charge on any atom is 0.505 e. The highest BCUT2D eigenvalue weighted by molar-refractivity contribution is 6.93. The molecule has 0 spiro atoms. The van der Waals surface area contributed by atoms with E-state index in [1.165, 1.54) is 36.8 Å². The lowest BCUT2D eigenvalue weighted by Gasteiger charge is -2.02. The third-order valence-electron chi connectivity index (χ3n) is 2.48. The van der Waals surface area contributed by atoms with Gasteiger partial charge in [-0.15, -0.1) is 0 Å². The van der Waals surface area contributed by atoms with Crippen molar-refractivity contribution < 1.29 is 0 Å². The summed E-state index contributed by atoms with van der Waals surface area (Å²) in [6.07, 6.45) is 5.19. The zero-order valence-corrected chi connectivity index (χ0v) is 11.1. The first-order valence-electron chi connectivity index (χ1n) is 5.50. The fourth-order valence-corrected chi connectivity index (χ4v) is 2.77. The molecule has 0 aliphatic heterocycles. The Morgan fingerprint density at radius 1 is 1.07 bits per heavy atom. The summed E-state index contributed by atoms with van der Waals surface area (Å²) in [5.41, 5.74) is 2.88. The lowest BCUT2D eigenvalue weighted by molar-refractivity contribution is 0.717. The lowest BCUT2D eigenvalue weighted by Crippen LogP contribution is -1.90. The predicted molar refractivity (Wildman–Crippen MR) is 65.0 cm³/mol. The summed E-state index contributed by atoms with van der Waals surface area (Å²) < 4.78 is 1.12. The smallest absolute Gasteiger partial charge is 0.345 e. The van der Waals surface area contributed by atoms with Crippen molar-refractivity contribution >= 4 is 28.3 Å². The maximum atomic E-state index is 5.82. The Bertz CT molecular complexity index is 243. The van der Waals surface area contributed by atoms with E-state index < -0.39 is 0 Å². The van der Waals surface area contributed by atoms with Crippen LogP contribution in [-0.2, 0) is 11.0 Å². The molecule has 0 saturated heterocycles. The summed E-state index contributed by atoms with van der Waals surface area (Å²) in [7, 11) is 5.82. The molecule has 0 aromatic heterocycles. The molecule has 0 heterocycles. The largest absolute Gasteiger partial charge is 0.505 e. The van der Waals surface area contributed by atoms with Gasteiger partial charge in [0.1, 0.15) is 0 Å². The molecule has 14 heavy (non-hydrogen) atoms. The van der Waals surface area contributed by atoms with Gasteiger partial charge in [0.25, 0.3) is 0 Å². The highest BCUT2D eigenvalue weighted by Gasteiger charge is 1.96. The number of hydrogen-bond acceptors (Lipinski definition) is 0. The molecule has 1 aromatic rings. The molecule has 0 unspecified atom stereocenters. The van der Waals surface area contributed by atoms with Gasteiger partial charge in [0.2, 0.25) is 0 Å². The van der Waals surface area contributed by atoms with Crippen LogP contribution in [0.1, 0.15) is 37.3 Å². The zero-order chi connectivity index (χ0) is 10.2. The Labute approximate surface area is 101 Å². The van der Waals surface area contributed by atoms with Gasteiger partial charge in [0.15, 0.2) is 0 Å². The van der Waals surface area contributed by atoms with Crippen molar-refractivity contribution in [2.24, 2.45) is 0 Å². The lowest BCUT2D eigenvalue weighted by atomic mass is 10.1. The minimum absolute atomic E-state index is 0.344. The SMILES string of the molecule is CCCCCc1ccc([CH2][Mg][Cl])cc1. The normalized spacial score (nSPS) is 9.86. The van der Waals surface area contributed by atoms with Crippen LogP contribution in [0, 0.1) is 0 Å². The number of halogens is 1. The van der Waals surface area contributed by atoms with Crippen molar-refractivity contribution in [1.29, 1.82) is 0 Å². The standard InChI is InChI=1S/C12H17.ClH.Mg/c1-3-4-5-6-12-9-7-11(2)8-10-12;;/h7-10H,2-6H2,1H3;1H;/q;;+1/p-1. The van der Waals surface area contributed by atoms with E-state index in [1.807, 2.05) is 0 Å². The van der Waals surface area contributed by atoms with Crippen molar-refractivity contribution in [2.75, 3.05) is 0 Å². The molecule has 1 rings (SSSR count). The first-order valence-corrected chi connectivity index (χ1v) is 8.64. The fourth-order valence-electron chi connectivity index (χ4n) is 1.56. The molecule has 0 nitrogen and oxygen atoms in total. The fraction of sp³-hybridized carbons (Fsp3) is 0.500. The molecule has 0 aliphatic rings. The second-order valence-corrected chi connectivity index (χ2v) is 5.72. The minimum atomic E-state index is -0.344. The number of hydrogen-bond donors (Lipinski definition) is 0. The third kappa shape index (κ3) is 4.67. The second-order valence-electron chi connectivity index (χ2n) is 3.71. The van der Waals surface area contributed by atoms with E-state index in [0.717, 1.165) is 4.55 Å². The highest BCUT2D eigenvalue weighted by Crippen LogP contribution is 2.09. The van der Waals surface area contributed by atoms with Crippen LogP contribution in [-0.4, -0.2) is 19.3 Å². The molecule has 2 heteroatoms. The summed E-state index contributed by atoms with van der Waals surface area (Å²) in [5, 5.41) is 0. The number of rotatable bonds is 6. The van der Waals surface area contributed by atoms with Crippen LogP contribution in [0.3, 0.4) is 0 Å². The number of unbranched alkanes of at least 4 members (excludes halogenated alkanes) is 2. The van der Waals surface area contributed by atoms with Gasteiger partial charge >= 0.3 is 19.3 Å². The first-order chi connectivity index (χ1) is 6.86. The van der Waals surface area contributed by atoms with Gasteiger partial charge < -0.3 is 9.07 Å². The molecule has 0 aliphatic carbocycles. The van der Waals surface area contributed by atoms with Crippen LogP contribution in [0.2, 0.25) is 0 Å². The topological polar surface area (TPSA) is 0 Å². The van der Waals surface area contributed by atoms with E-state index in [1.54, 1.807) is 0 Å². The van der Waals surface area contributed by atoms with E-state index >= 15 is 0 Å². The van der Waals surface area contributed by atoms with E-state index in [-0.39, 0.29) is 19.3 Å². The van der Waals surface area contributed by atoms with E-state index in [9.17, 15) is 0 Å². The van der Waals surface area contributed by atoms with Crippen molar-refractivity contribution in [3.8, 4) is 0 Å². The van der Waals surface area contributed by atoms with Crippen molar-refractivity contribution in [2.45, 2.75) is 37.2 Å². The van der Waals surface area contributed by atoms with E-state index in [0.29, 0.717) is 0 Å². The van der Waals surface area contributed by atoms with Crippen LogP contribution in [0.4, 0.5) is 0 Å². The molecule has 0 fully saturated rings. The van der Waals surface area contributed by atoms with Crippen LogP contribution in [0.25, 0.3) is 0 Å². The van der Waals surface area contributed by atoms with Gasteiger partial charge in [0.05, 0.1) is 0 Å². The van der Waals surface area contributed by atoms with Gasteiger partial charge in [-0.1, -0.05) is 54.1 Å². The molecule has 1 aromatic carbocycles. The molecule has 0 amide bonds. The predicted octanol–water partition coefficient (Wildman–Crippen LogP) is 3.78. The van der Waals surface area contributed by atoms with Crippen LogP contribution in [0.15, 0.2) is 24.3 Å². The van der Waals surface area contributed by atoms with Crippen LogP contribution in [0.5, 0.6) is 0 Å². The van der Waals surface area contributed by atoms with Crippen LogP contribution < -0.4 is 0 Å². The van der Waals surface area contributed by atoms with Gasteiger partial charge in [-0.2, -0.15) is 0 Å². The number of aryl methyl sites for hydroxylation is 1. The summed E-state index contributed by atoms with van der Waals surface area (Å²) in [6.45, 7) is 2.24. The Morgan fingerprint density at radius 3 is 2.29 bits per heavy atom.